The molecule has 0 saturated carbocycles. The highest BCUT2D eigenvalue weighted by Gasteiger charge is 2.27. The summed E-state index contributed by atoms with van der Waals surface area (Å²) in [4.78, 5) is 12.9. The monoisotopic (exact) mass is 193 g/mol. The van der Waals surface area contributed by atoms with E-state index in [1.165, 1.54) is 0 Å². The van der Waals surface area contributed by atoms with Crippen molar-refractivity contribution in [2.45, 2.75) is 18.7 Å². The van der Waals surface area contributed by atoms with Crippen LogP contribution in [0.15, 0.2) is 0 Å². The molecule has 1 amide bonds. The number of likely N-dealkylation sites (tertiary alicyclic amines) is 1. The van der Waals surface area contributed by atoms with Gasteiger partial charge in [0, 0.05) is 19.0 Å². The van der Waals surface area contributed by atoms with Gasteiger partial charge in [-0.2, -0.15) is 0 Å². The molecule has 1 fully saturated rings. The van der Waals surface area contributed by atoms with Crippen LogP contribution in [-0.4, -0.2) is 35.9 Å². The van der Waals surface area contributed by atoms with Crippen molar-refractivity contribution in [3.05, 3.63) is 0 Å². The zero-order valence-electron chi connectivity index (χ0n) is 7.09. The maximum absolute atomic E-state index is 12.2. The van der Waals surface area contributed by atoms with Gasteiger partial charge in [-0.05, 0) is 13.3 Å². The summed E-state index contributed by atoms with van der Waals surface area (Å²) in [6.07, 6.45) is 0.770. The topological polar surface area (TPSA) is 20.3 Å². The van der Waals surface area contributed by atoms with E-state index in [1.807, 2.05) is 0 Å². The fraction of sp³-hybridized carbons (Fsp3) is 0.875. The molecule has 0 radical (unpaired) electrons. The maximum atomic E-state index is 12.2. The van der Waals surface area contributed by atoms with Crippen LogP contribution in [0.4, 0.5) is 4.39 Å². The van der Waals surface area contributed by atoms with Gasteiger partial charge < -0.3 is 4.90 Å². The quantitative estimate of drug-likeness (QED) is 0.608. The number of carbonyl (C=O) groups excluding carboxylic acids is 1. The van der Waals surface area contributed by atoms with Crippen LogP contribution in [0, 0.1) is 5.92 Å². The Bertz CT molecular complexity index is 174. The third kappa shape index (κ3) is 2.09. The summed E-state index contributed by atoms with van der Waals surface area (Å²) in [6, 6.07) is 0. The molecule has 12 heavy (non-hydrogen) atoms. The van der Waals surface area contributed by atoms with Crippen LogP contribution in [0.25, 0.3) is 0 Å². The number of carbonyl (C=O) groups is 1. The van der Waals surface area contributed by atoms with E-state index in [1.54, 1.807) is 11.8 Å². The molecule has 2 nitrogen and oxygen atoms in total. The van der Waals surface area contributed by atoms with E-state index in [9.17, 15) is 9.18 Å². The Labute approximate surface area is 76.7 Å². The Hall–Kier alpha value is -0.310. The molecule has 1 aliphatic heterocycles. The number of alkyl halides is 2. The first-order valence-corrected chi connectivity index (χ1v) is 4.57. The smallest absolute Gasteiger partial charge is 0.240 e. The van der Waals surface area contributed by atoms with E-state index in [0.29, 0.717) is 13.1 Å². The number of hydrogen-bond acceptors (Lipinski definition) is 1. The molecule has 2 atom stereocenters. The SMILES string of the molecule is CC(Cl)C(=O)N1CCC(CF)C1. The van der Waals surface area contributed by atoms with Gasteiger partial charge in [-0.15, -0.1) is 11.6 Å². The Kier molecular flexibility index (Phi) is 3.32. The fourth-order valence-corrected chi connectivity index (χ4v) is 1.55. The molecule has 1 heterocycles. The van der Waals surface area contributed by atoms with E-state index < -0.39 is 5.38 Å². The van der Waals surface area contributed by atoms with E-state index >= 15 is 0 Å². The van der Waals surface area contributed by atoms with Crippen molar-refractivity contribution in [3.63, 3.8) is 0 Å². The van der Waals surface area contributed by atoms with Gasteiger partial charge in [0.1, 0.15) is 5.38 Å². The lowest BCUT2D eigenvalue weighted by atomic mass is 10.1. The second-order valence-electron chi connectivity index (χ2n) is 3.21. The summed E-state index contributed by atoms with van der Waals surface area (Å²) in [5.41, 5.74) is 0. The molecule has 70 valence electrons. The minimum Gasteiger partial charge on any atom is -0.341 e. The van der Waals surface area contributed by atoms with Crippen molar-refractivity contribution in [2.75, 3.05) is 19.8 Å². The van der Waals surface area contributed by atoms with Gasteiger partial charge in [0.05, 0.1) is 6.67 Å². The minimum absolute atomic E-state index is 0.0318. The summed E-state index contributed by atoms with van der Waals surface area (Å²) < 4.78 is 12.2. The van der Waals surface area contributed by atoms with Gasteiger partial charge in [-0.1, -0.05) is 0 Å². The van der Waals surface area contributed by atoms with Gasteiger partial charge in [-0.25, -0.2) is 0 Å². The van der Waals surface area contributed by atoms with Crippen LogP contribution < -0.4 is 0 Å². The van der Waals surface area contributed by atoms with Crippen LogP contribution in [-0.2, 0) is 4.79 Å². The van der Waals surface area contributed by atoms with Crippen molar-refractivity contribution in [2.24, 2.45) is 5.92 Å². The molecule has 0 aromatic carbocycles. The molecule has 2 unspecified atom stereocenters. The standard InChI is InChI=1S/C8H13ClFNO/c1-6(9)8(12)11-3-2-7(4-10)5-11/h6-7H,2-5H2,1H3. The predicted octanol–water partition coefficient (Wildman–Crippen LogP) is 1.43. The molecular formula is C8H13ClFNO. The normalized spacial score (nSPS) is 25.9. The summed E-state index contributed by atoms with van der Waals surface area (Å²) in [5.74, 6) is -0.0445. The summed E-state index contributed by atoms with van der Waals surface area (Å²) in [7, 11) is 0. The van der Waals surface area contributed by atoms with Crippen LogP contribution in [0.3, 0.4) is 0 Å². The summed E-state index contributed by atoms with van der Waals surface area (Å²) in [5, 5.41) is -0.483. The highest BCUT2D eigenvalue weighted by Crippen LogP contribution is 2.18. The third-order valence-electron chi connectivity index (χ3n) is 2.16. The van der Waals surface area contributed by atoms with Crippen LogP contribution in [0.5, 0.6) is 0 Å². The number of rotatable bonds is 2. The highest BCUT2D eigenvalue weighted by atomic mass is 35.5. The Morgan fingerprint density at radius 1 is 1.83 bits per heavy atom. The second kappa shape index (κ2) is 4.08. The van der Waals surface area contributed by atoms with Crippen molar-refractivity contribution in [3.8, 4) is 0 Å². The van der Waals surface area contributed by atoms with Crippen LogP contribution in [0.1, 0.15) is 13.3 Å². The molecular weight excluding hydrogens is 181 g/mol. The minimum atomic E-state index is -0.483. The molecule has 1 saturated heterocycles. The zero-order valence-corrected chi connectivity index (χ0v) is 7.85. The van der Waals surface area contributed by atoms with Gasteiger partial charge in [-0.3, -0.25) is 9.18 Å². The largest absolute Gasteiger partial charge is 0.341 e. The van der Waals surface area contributed by atoms with Crippen LogP contribution >= 0.6 is 11.6 Å². The summed E-state index contributed by atoms with van der Waals surface area (Å²) in [6.45, 7) is 2.50. The molecule has 1 rings (SSSR count). The molecule has 0 aromatic heterocycles. The molecule has 0 spiro atoms. The van der Waals surface area contributed by atoms with Crippen molar-refractivity contribution >= 4 is 17.5 Å². The van der Waals surface area contributed by atoms with E-state index in [0.717, 1.165) is 6.42 Å². The molecule has 0 aliphatic carbocycles. The molecule has 4 heteroatoms. The molecule has 0 aromatic rings. The third-order valence-corrected chi connectivity index (χ3v) is 2.34. The van der Waals surface area contributed by atoms with E-state index in [-0.39, 0.29) is 18.5 Å². The predicted molar refractivity (Wildman–Crippen MR) is 46.0 cm³/mol. The second-order valence-corrected chi connectivity index (χ2v) is 3.86. The number of nitrogens with zero attached hydrogens (tertiary/aromatic N) is 1. The lowest BCUT2D eigenvalue weighted by molar-refractivity contribution is -0.129. The van der Waals surface area contributed by atoms with E-state index in [4.69, 9.17) is 11.6 Å². The van der Waals surface area contributed by atoms with E-state index in [2.05, 4.69) is 0 Å². The first kappa shape index (κ1) is 9.78. The lowest BCUT2D eigenvalue weighted by Crippen LogP contribution is -2.33. The zero-order chi connectivity index (χ0) is 9.14. The first-order chi connectivity index (χ1) is 5.65. The van der Waals surface area contributed by atoms with Crippen molar-refractivity contribution in [1.29, 1.82) is 0 Å². The Morgan fingerprint density at radius 2 is 2.50 bits per heavy atom. The van der Waals surface area contributed by atoms with Gasteiger partial charge in [0.15, 0.2) is 0 Å². The first-order valence-electron chi connectivity index (χ1n) is 4.14. The molecule has 0 bridgehead atoms. The van der Waals surface area contributed by atoms with Gasteiger partial charge >= 0.3 is 0 Å². The molecule has 1 aliphatic rings. The van der Waals surface area contributed by atoms with Crippen LogP contribution in [0.2, 0.25) is 0 Å². The number of amides is 1. The Balaban J connectivity index is 2.41. The number of hydrogen-bond donors (Lipinski definition) is 0. The van der Waals surface area contributed by atoms with Gasteiger partial charge in [0.2, 0.25) is 5.91 Å². The fourth-order valence-electron chi connectivity index (χ4n) is 1.41. The Morgan fingerprint density at radius 3 is 2.92 bits per heavy atom. The summed E-state index contributed by atoms with van der Waals surface area (Å²) >= 11 is 5.61. The average Bonchev–Trinajstić information content (AvgIpc) is 2.50. The number of halogens is 2. The lowest BCUT2D eigenvalue weighted by Gasteiger charge is -2.16. The average molecular weight is 194 g/mol. The van der Waals surface area contributed by atoms with Crippen molar-refractivity contribution < 1.29 is 9.18 Å². The van der Waals surface area contributed by atoms with Gasteiger partial charge in [0.25, 0.3) is 0 Å². The van der Waals surface area contributed by atoms with Crippen molar-refractivity contribution in [1.82, 2.24) is 4.90 Å². The highest BCUT2D eigenvalue weighted by molar-refractivity contribution is 6.30. The molecule has 0 N–H and O–H groups in total. The maximum Gasteiger partial charge on any atom is 0.240 e.